The first-order valence-corrected chi connectivity index (χ1v) is 8.10. The summed E-state index contributed by atoms with van der Waals surface area (Å²) in [6.45, 7) is 3.14. The van der Waals surface area contributed by atoms with Crippen molar-refractivity contribution < 1.29 is 9.47 Å². The molecule has 1 saturated heterocycles. The molecule has 0 radical (unpaired) electrons. The second-order valence-corrected chi connectivity index (χ2v) is 6.00. The van der Waals surface area contributed by atoms with Crippen molar-refractivity contribution in [3.05, 3.63) is 18.2 Å². The van der Waals surface area contributed by atoms with Crippen LogP contribution in [-0.2, 0) is 0 Å². The summed E-state index contributed by atoms with van der Waals surface area (Å²) >= 11 is 0. The average molecular weight is 320 g/mol. The van der Waals surface area contributed by atoms with E-state index in [0.717, 1.165) is 24.6 Å². The zero-order chi connectivity index (χ0) is 16.7. The molecule has 6 heteroatoms. The number of nitrogens with zero attached hydrogens (tertiary/aromatic N) is 2. The molecule has 0 aromatic heterocycles. The van der Waals surface area contributed by atoms with Gasteiger partial charge in [-0.25, -0.2) is 0 Å². The molecule has 0 unspecified atom stereocenters. The maximum Gasteiger partial charge on any atom is 0.193 e. The third kappa shape index (κ3) is 5.32. The molecule has 0 bridgehead atoms. The number of rotatable bonds is 6. The van der Waals surface area contributed by atoms with Gasteiger partial charge in [-0.3, -0.25) is 4.99 Å². The van der Waals surface area contributed by atoms with Gasteiger partial charge in [-0.15, -0.1) is 0 Å². The molecule has 1 aromatic carbocycles. The van der Waals surface area contributed by atoms with Gasteiger partial charge >= 0.3 is 0 Å². The van der Waals surface area contributed by atoms with Crippen molar-refractivity contribution in [1.82, 2.24) is 4.90 Å². The number of anilines is 1. The summed E-state index contributed by atoms with van der Waals surface area (Å²) in [5, 5.41) is 3.10. The standard InChI is InChI=1S/C17H28N4O2/c1-21-10-7-13(8-11-21)6-9-19-17(18)20-14-4-5-15(22-2)16(12-14)23-3/h4-5,12-13H,6-11H2,1-3H3,(H3,18,19,20). The number of benzene rings is 1. The lowest BCUT2D eigenvalue weighted by atomic mass is 9.94. The van der Waals surface area contributed by atoms with Crippen LogP contribution in [0.5, 0.6) is 11.5 Å². The van der Waals surface area contributed by atoms with Crippen LogP contribution in [0, 0.1) is 5.92 Å². The van der Waals surface area contributed by atoms with Gasteiger partial charge in [-0.2, -0.15) is 0 Å². The Morgan fingerprint density at radius 3 is 2.61 bits per heavy atom. The summed E-state index contributed by atoms with van der Waals surface area (Å²) in [5.74, 6) is 2.56. The third-order valence-corrected chi connectivity index (χ3v) is 4.31. The molecule has 0 saturated carbocycles. The van der Waals surface area contributed by atoms with E-state index in [0.29, 0.717) is 17.5 Å². The highest BCUT2D eigenvalue weighted by Gasteiger charge is 2.15. The molecule has 6 nitrogen and oxygen atoms in total. The van der Waals surface area contributed by atoms with Crippen molar-refractivity contribution in [1.29, 1.82) is 0 Å². The van der Waals surface area contributed by atoms with E-state index in [1.54, 1.807) is 14.2 Å². The SMILES string of the molecule is COc1ccc(NC(N)=NCCC2CCN(C)CC2)cc1OC. The van der Waals surface area contributed by atoms with Crippen molar-refractivity contribution in [3.63, 3.8) is 0 Å². The van der Waals surface area contributed by atoms with E-state index in [9.17, 15) is 0 Å². The van der Waals surface area contributed by atoms with Crippen LogP contribution in [0.25, 0.3) is 0 Å². The van der Waals surface area contributed by atoms with E-state index >= 15 is 0 Å². The lowest BCUT2D eigenvalue weighted by molar-refractivity contribution is 0.214. The van der Waals surface area contributed by atoms with E-state index < -0.39 is 0 Å². The Kier molecular flexibility index (Phi) is 6.52. The molecule has 0 atom stereocenters. The molecule has 1 fully saturated rings. The minimum absolute atomic E-state index is 0.435. The van der Waals surface area contributed by atoms with Crippen molar-refractivity contribution in [2.75, 3.05) is 46.2 Å². The summed E-state index contributed by atoms with van der Waals surface area (Å²) in [7, 11) is 5.41. The van der Waals surface area contributed by atoms with E-state index in [1.165, 1.54) is 25.9 Å². The van der Waals surface area contributed by atoms with Crippen LogP contribution in [-0.4, -0.2) is 51.8 Å². The van der Waals surface area contributed by atoms with Gasteiger partial charge in [0.05, 0.1) is 14.2 Å². The fourth-order valence-electron chi connectivity index (χ4n) is 2.82. The minimum Gasteiger partial charge on any atom is -0.493 e. The number of hydrogen-bond acceptors (Lipinski definition) is 4. The molecule has 1 aliphatic rings. The Hall–Kier alpha value is -1.95. The van der Waals surface area contributed by atoms with Crippen molar-refractivity contribution in [3.8, 4) is 11.5 Å². The molecule has 0 amide bonds. The van der Waals surface area contributed by atoms with E-state index in [-0.39, 0.29) is 0 Å². The molecule has 2 rings (SSSR count). The Morgan fingerprint density at radius 2 is 1.96 bits per heavy atom. The Morgan fingerprint density at radius 1 is 1.26 bits per heavy atom. The van der Waals surface area contributed by atoms with Crippen LogP contribution in [0.4, 0.5) is 5.69 Å². The fourth-order valence-corrected chi connectivity index (χ4v) is 2.82. The predicted octanol–water partition coefficient (Wildman–Crippen LogP) is 2.16. The van der Waals surface area contributed by atoms with Crippen molar-refractivity contribution in [2.24, 2.45) is 16.6 Å². The van der Waals surface area contributed by atoms with Gasteiger partial charge in [-0.05, 0) is 57.5 Å². The predicted molar refractivity (Wildman–Crippen MR) is 94.5 cm³/mol. The molecule has 1 aromatic rings. The number of nitrogens with two attached hydrogens (primary N) is 1. The summed E-state index contributed by atoms with van der Waals surface area (Å²) in [5.41, 5.74) is 6.80. The summed E-state index contributed by atoms with van der Waals surface area (Å²) in [6.07, 6.45) is 3.62. The van der Waals surface area contributed by atoms with Gasteiger partial charge < -0.3 is 25.4 Å². The zero-order valence-electron chi connectivity index (χ0n) is 14.3. The van der Waals surface area contributed by atoms with Gasteiger partial charge in [0.15, 0.2) is 17.5 Å². The average Bonchev–Trinajstić information content (AvgIpc) is 2.56. The van der Waals surface area contributed by atoms with Gasteiger partial charge in [0, 0.05) is 18.3 Å². The van der Waals surface area contributed by atoms with Gasteiger partial charge in [0.25, 0.3) is 0 Å². The normalized spacial score (nSPS) is 17.1. The quantitative estimate of drug-likeness (QED) is 0.621. The van der Waals surface area contributed by atoms with Crippen LogP contribution >= 0.6 is 0 Å². The first-order valence-electron chi connectivity index (χ1n) is 8.10. The molecule has 23 heavy (non-hydrogen) atoms. The number of guanidine groups is 1. The van der Waals surface area contributed by atoms with Gasteiger partial charge in [0.1, 0.15) is 0 Å². The van der Waals surface area contributed by atoms with Crippen LogP contribution in [0.1, 0.15) is 19.3 Å². The lowest BCUT2D eigenvalue weighted by Gasteiger charge is -2.28. The molecule has 1 aliphatic heterocycles. The number of aliphatic imine (C=N–C) groups is 1. The highest BCUT2D eigenvalue weighted by Crippen LogP contribution is 2.29. The largest absolute Gasteiger partial charge is 0.493 e. The second kappa shape index (κ2) is 8.62. The van der Waals surface area contributed by atoms with Gasteiger partial charge in [0.2, 0.25) is 0 Å². The number of likely N-dealkylation sites (tertiary alicyclic amines) is 1. The maximum absolute atomic E-state index is 5.96. The topological polar surface area (TPSA) is 72.1 Å². The molecule has 128 valence electrons. The van der Waals surface area contributed by atoms with Crippen LogP contribution in [0.15, 0.2) is 23.2 Å². The molecule has 0 aliphatic carbocycles. The number of piperidine rings is 1. The Bertz CT molecular complexity index is 525. The first-order chi connectivity index (χ1) is 11.1. The molecule has 3 N–H and O–H groups in total. The van der Waals surface area contributed by atoms with Crippen molar-refractivity contribution >= 4 is 11.6 Å². The smallest absolute Gasteiger partial charge is 0.193 e. The third-order valence-electron chi connectivity index (χ3n) is 4.31. The second-order valence-electron chi connectivity index (χ2n) is 6.00. The number of hydrogen-bond donors (Lipinski definition) is 2. The number of ether oxygens (including phenoxy) is 2. The highest BCUT2D eigenvalue weighted by molar-refractivity contribution is 5.92. The first kappa shape index (κ1) is 17.4. The lowest BCUT2D eigenvalue weighted by Crippen LogP contribution is -2.30. The summed E-state index contributed by atoms with van der Waals surface area (Å²) in [4.78, 5) is 6.81. The molecule has 1 heterocycles. The van der Waals surface area contributed by atoms with Gasteiger partial charge in [-0.1, -0.05) is 0 Å². The fraction of sp³-hybridized carbons (Fsp3) is 0.588. The van der Waals surface area contributed by atoms with Crippen molar-refractivity contribution in [2.45, 2.75) is 19.3 Å². The van der Waals surface area contributed by atoms with E-state index in [4.69, 9.17) is 15.2 Å². The molecular formula is C17H28N4O2. The van der Waals surface area contributed by atoms with E-state index in [2.05, 4.69) is 22.3 Å². The maximum atomic E-state index is 5.96. The zero-order valence-corrected chi connectivity index (χ0v) is 14.3. The summed E-state index contributed by atoms with van der Waals surface area (Å²) in [6, 6.07) is 5.58. The van der Waals surface area contributed by atoms with Crippen LogP contribution < -0.4 is 20.5 Å². The Balaban J connectivity index is 1.82. The van der Waals surface area contributed by atoms with E-state index in [1.807, 2.05) is 18.2 Å². The number of nitrogens with one attached hydrogen (secondary N) is 1. The van der Waals surface area contributed by atoms with Crippen LogP contribution in [0.3, 0.4) is 0 Å². The highest BCUT2D eigenvalue weighted by atomic mass is 16.5. The minimum atomic E-state index is 0.435. The molecule has 0 spiro atoms. The monoisotopic (exact) mass is 320 g/mol. The Labute approximate surface area is 138 Å². The molecular weight excluding hydrogens is 292 g/mol. The summed E-state index contributed by atoms with van der Waals surface area (Å²) < 4.78 is 10.5. The number of methoxy groups -OCH3 is 2. The van der Waals surface area contributed by atoms with Crippen LogP contribution in [0.2, 0.25) is 0 Å².